The number of benzene rings is 3. The molecule has 0 aromatic heterocycles. The van der Waals surface area contributed by atoms with Crippen LogP contribution in [0.25, 0.3) is 0 Å². The Morgan fingerprint density at radius 2 is 1.58 bits per heavy atom. The van der Waals surface area contributed by atoms with Gasteiger partial charge in [0.15, 0.2) is 5.78 Å². The van der Waals surface area contributed by atoms with Crippen molar-refractivity contribution in [2.24, 2.45) is 0 Å². The van der Waals surface area contributed by atoms with Crippen LogP contribution in [0.15, 0.2) is 83.8 Å². The van der Waals surface area contributed by atoms with E-state index < -0.39 is 5.82 Å². The van der Waals surface area contributed by atoms with Crippen molar-refractivity contribution < 1.29 is 14.0 Å². The van der Waals surface area contributed by atoms with Crippen LogP contribution in [0.4, 0.5) is 10.1 Å². The molecule has 0 atom stereocenters. The molecule has 1 N–H and O–H groups in total. The summed E-state index contributed by atoms with van der Waals surface area (Å²) < 4.78 is 13.2. The summed E-state index contributed by atoms with van der Waals surface area (Å²) in [6, 6.07) is 21.8. The van der Waals surface area contributed by atoms with Crippen LogP contribution in [0.5, 0.6) is 0 Å². The van der Waals surface area contributed by atoms with Crippen LogP contribution in [-0.4, -0.2) is 17.4 Å². The van der Waals surface area contributed by atoms with Gasteiger partial charge in [-0.05, 0) is 36.4 Å². The molecule has 0 aliphatic carbocycles. The van der Waals surface area contributed by atoms with Gasteiger partial charge >= 0.3 is 0 Å². The predicted octanol–water partition coefficient (Wildman–Crippen LogP) is 5.05. The van der Waals surface area contributed by atoms with Gasteiger partial charge in [0.25, 0.3) is 5.91 Å². The van der Waals surface area contributed by atoms with Gasteiger partial charge in [-0.2, -0.15) is 0 Å². The van der Waals surface area contributed by atoms with E-state index in [0.717, 1.165) is 4.90 Å². The van der Waals surface area contributed by atoms with Gasteiger partial charge in [-0.1, -0.05) is 42.5 Å². The lowest BCUT2D eigenvalue weighted by atomic mass is 10.2. The average Bonchev–Trinajstić information content (AvgIpc) is 2.67. The van der Waals surface area contributed by atoms with Crippen molar-refractivity contribution in [3.63, 3.8) is 0 Å². The SMILES string of the molecule is O=C(CSc1cccc(C(=O)Nc2cccc(F)c2)c1)c1ccccc1. The minimum absolute atomic E-state index is 0.0326. The largest absolute Gasteiger partial charge is 0.322 e. The second-order valence-corrected chi connectivity index (χ2v) is 6.62. The second kappa shape index (κ2) is 8.45. The maximum atomic E-state index is 13.2. The highest BCUT2D eigenvalue weighted by Gasteiger charge is 2.10. The zero-order valence-electron chi connectivity index (χ0n) is 13.8. The van der Waals surface area contributed by atoms with Crippen LogP contribution >= 0.6 is 11.8 Å². The van der Waals surface area contributed by atoms with Crippen molar-refractivity contribution in [3.05, 3.63) is 95.8 Å². The van der Waals surface area contributed by atoms with E-state index in [4.69, 9.17) is 0 Å². The van der Waals surface area contributed by atoms with Gasteiger partial charge in [-0.15, -0.1) is 11.8 Å². The lowest BCUT2D eigenvalue weighted by molar-refractivity contribution is 0.101. The molecule has 3 aromatic carbocycles. The summed E-state index contributed by atoms with van der Waals surface area (Å²) in [5.74, 6) is -0.414. The molecule has 0 unspecified atom stereocenters. The minimum atomic E-state index is -0.411. The Morgan fingerprint density at radius 3 is 2.35 bits per heavy atom. The summed E-state index contributed by atoms with van der Waals surface area (Å²) in [6.45, 7) is 0. The molecule has 0 saturated carbocycles. The Balaban J connectivity index is 1.64. The third-order valence-corrected chi connectivity index (χ3v) is 4.64. The number of Topliss-reactive ketones (excluding diaryl/α,β-unsaturated/α-hetero) is 1. The van der Waals surface area contributed by atoms with Crippen molar-refractivity contribution in [3.8, 4) is 0 Å². The highest BCUT2D eigenvalue weighted by atomic mass is 32.2. The first-order valence-corrected chi connectivity index (χ1v) is 8.98. The minimum Gasteiger partial charge on any atom is -0.322 e. The number of halogens is 1. The molecular formula is C21H16FNO2S. The van der Waals surface area contributed by atoms with Crippen molar-refractivity contribution in [2.75, 3.05) is 11.1 Å². The molecule has 0 spiro atoms. The molecule has 1 amide bonds. The van der Waals surface area contributed by atoms with Gasteiger partial charge in [0.1, 0.15) is 5.82 Å². The molecule has 0 fully saturated rings. The van der Waals surface area contributed by atoms with Crippen molar-refractivity contribution >= 4 is 29.1 Å². The van der Waals surface area contributed by atoms with Crippen molar-refractivity contribution in [2.45, 2.75) is 4.90 Å². The maximum Gasteiger partial charge on any atom is 0.255 e. The Hall–Kier alpha value is -2.92. The van der Waals surface area contributed by atoms with Crippen LogP contribution < -0.4 is 5.32 Å². The summed E-state index contributed by atoms with van der Waals surface area (Å²) >= 11 is 1.37. The van der Waals surface area contributed by atoms with Gasteiger partial charge in [-0.25, -0.2) is 4.39 Å². The summed E-state index contributed by atoms with van der Waals surface area (Å²) in [5.41, 5.74) is 1.51. The first kappa shape index (κ1) is 17.9. The number of rotatable bonds is 6. The lowest BCUT2D eigenvalue weighted by Crippen LogP contribution is -2.12. The first-order valence-electron chi connectivity index (χ1n) is 8.00. The Morgan fingerprint density at radius 1 is 0.846 bits per heavy atom. The van der Waals surface area contributed by atoms with Crippen LogP contribution in [0.3, 0.4) is 0 Å². The third-order valence-electron chi connectivity index (χ3n) is 3.64. The highest BCUT2D eigenvalue weighted by Crippen LogP contribution is 2.21. The van der Waals surface area contributed by atoms with Gasteiger partial charge in [0.05, 0.1) is 5.75 Å². The fourth-order valence-corrected chi connectivity index (χ4v) is 3.20. The fourth-order valence-electron chi connectivity index (χ4n) is 2.35. The van der Waals surface area contributed by atoms with E-state index in [-0.39, 0.29) is 11.7 Å². The standard InChI is InChI=1S/C21H16FNO2S/c22-17-9-5-10-18(13-17)23-21(25)16-8-4-11-19(12-16)26-14-20(24)15-6-2-1-3-7-15/h1-13H,14H2,(H,23,25). The first-order chi connectivity index (χ1) is 12.6. The van der Waals surface area contributed by atoms with Gasteiger partial charge in [0.2, 0.25) is 0 Å². The number of hydrogen-bond acceptors (Lipinski definition) is 3. The summed E-state index contributed by atoms with van der Waals surface area (Å²) in [4.78, 5) is 25.3. The molecule has 0 aliphatic rings. The Bertz CT molecular complexity index is 928. The van der Waals surface area contributed by atoms with E-state index in [1.807, 2.05) is 24.3 Å². The quantitative estimate of drug-likeness (QED) is 0.491. The van der Waals surface area contributed by atoms with E-state index in [1.54, 1.807) is 36.4 Å². The van der Waals surface area contributed by atoms with Crippen LogP contribution in [0.2, 0.25) is 0 Å². The molecule has 0 aliphatic heterocycles. The molecule has 130 valence electrons. The van der Waals surface area contributed by atoms with Crippen molar-refractivity contribution in [1.29, 1.82) is 0 Å². The van der Waals surface area contributed by atoms with E-state index in [9.17, 15) is 14.0 Å². The molecule has 5 heteroatoms. The van der Waals surface area contributed by atoms with Crippen molar-refractivity contribution in [1.82, 2.24) is 0 Å². The number of carbonyl (C=O) groups excluding carboxylic acids is 2. The average molecular weight is 365 g/mol. The number of anilines is 1. The van der Waals surface area contributed by atoms with Crippen LogP contribution in [0.1, 0.15) is 20.7 Å². The molecule has 3 aromatic rings. The van der Waals surface area contributed by atoms with Crippen LogP contribution in [-0.2, 0) is 0 Å². The Labute approximate surface area is 155 Å². The van der Waals surface area contributed by atoms with E-state index in [1.165, 1.54) is 30.0 Å². The van der Waals surface area contributed by atoms with E-state index in [0.29, 0.717) is 22.6 Å². The molecule has 3 nitrogen and oxygen atoms in total. The fraction of sp³-hybridized carbons (Fsp3) is 0.0476. The predicted molar refractivity (Wildman–Crippen MR) is 102 cm³/mol. The molecule has 0 saturated heterocycles. The number of amides is 1. The summed E-state index contributed by atoms with van der Waals surface area (Å²) in [5, 5.41) is 2.66. The number of nitrogens with one attached hydrogen (secondary N) is 1. The Kier molecular flexibility index (Phi) is 5.81. The lowest BCUT2D eigenvalue weighted by Gasteiger charge is -2.07. The monoisotopic (exact) mass is 365 g/mol. The van der Waals surface area contributed by atoms with Gasteiger partial charge in [0, 0.05) is 21.7 Å². The molecule has 3 rings (SSSR count). The number of hydrogen-bond donors (Lipinski definition) is 1. The van der Waals surface area contributed by atoms with Gasteiger partial charge in [-0.3, -0.25) is 9.59 Å². The zero-order valence-corrected chi connectivity index (χ0v) is 14.6. The van der Waals surface area contributed by atoms with E-state index >= 15 is 0 Å². The summed E-state index contributed by atoms with van der Waals surface area (Å²) in [6.07, 6.45) is 0. The molecule has 26 heavy (non-hydrogen) atoms. The maximum absolute atomic E-state index is 13.2. The molecule has 0 heterocycles. The smallest absolute Gasteiger partial charge is 0.255 e. The molecule has 0 bridgehead atoms. The normalized spacial score (nSPS) is 10.3. The second-order valence-electron chi connectivity index (χ2n) is 5.57. The number of thioether (sulfide) groups is 1. The van der Waals surface area contributed by atoms with Crippen LogP contribution in [0, 0.1) is 5.82 Å². The molecular weight excluding hydrogens is 349 g/mol. The highest BCUT2D eigenvalue weighted by molar-refractivity contribution is 8.00. The number of ketones is 1. The van der Waals surface area contributed by atoms with E-state index in [2.05, 4.69) is 5.32 Å². The molecule has 0 radical (unpaired) electrons. The topological polar surface area (TPSA) is 46.2 Å². The summed E-state index contributed by atoms with van der Waals surface area (Å²) in [7, 11) is 0. The zero-order chi connectivity index (χ0) is 18.4. The van der Waals surface area contributed by atoms with Gasteiger partial charge < -0.3 is 5.32 Å². The third kappa shape index (κ3) is 4.80. The number of carbonyl (C=O) groups is 2.